The van der Waals surface area contributed by atoms with Gasteiger partial charge in [0, 0.05) is 30.4 Å². The zero-order valence-electron chi connectivity index (χ0n) is 17.1. The standard InChI is InChI=1S/C19H32N4O2S.HI/c1-6-20-18(21-12-16-22-15(13-26-16)19(3,4)5)23-10-8-14(9-11-23)17(24)25-7-2;/h13-14H,6-12H2,1-5H3,(H,20,21);1H. The molecule has 0 aliphatic carbocycles. The molecule has 0 aromatic carbocycles. The van der Waals surface area contributed by atoms with Crippen molar-refractivity contribution in [3.05, 3.63) is 16.1 Å². The summed E-state index contributed by atoms with van der Waals surface area (Å²) in [6.45, 7) is 13.9. The molecule has 8 heteroatoms. The van der Waals surface area contributed by atoms with Gasteiger partial charge in [-0.25, -0.2) is 9.98 Å². The van der Waals surface area contributed by atoms with Gasteiger partial charge in [-0.2, -0.15) is 0 Å². The molecule has 1 aromatic rings. The fraction of sp³-hybridized carbons (Fsp3) is 0.737. The molecular formula is C19H33IN4O2S. The normalized spacial score (nSPS) is 16.0. The van der Waals surface area contributed by atoms with Gasteiger partial charge in [-0.15, -0.1) is 35.3 Å². The highest BCUT2D eigenvalue weighted by Gasteiger charge is 2.27. The van der Waals surface area contributed by atoms with Crippen molar-refractivity contribution < 1.29 is 9.53 Å². The summed E-state index contributed by atoms with van der Waals surface area (Å²) in [4.78, 5) is 23.6. The van der Waals surface area contributed by atoms with Crippen LogP contribution in [-0.4, -0.2) is 48.1 Å². The predicted molar refractivity (Wildman–Crippen MR) is 122 cm³/mol. The Kier molecular flexibility index (Phi) is 10.0. The molecule has 2 heterocycles. The minimum Gasteiger partial charge on any atom is -0.466 e. The molecule has 154 valence electrons. The van der Waals surface area contributed by atoms with Crippen LogP contribution in [0.1, 0.15) is 58.2 Å². The SMILES string of the molecule is CCNC(=NCc1nc(C(C)(C)C)cs1)N1CCC(C(=O)OCC)CC1.I. The lowest BCUT2D eigenvalue weighted by Gasteiger charge is -2.33. The molecule has 27 heavy (non-hydrogen) atoms. The van der Waals surface area contributed by atoms with Crippen LogP contribution in [0.5, 0.6) is 0 Å². The van der Waals surface area contributed by atoms with Crippen molar-refractivity contribution >= 4 is 47.2 Å². The molecule has 1 aliphatic heterocycles. The first kappa shape index (κ1) is 24.1. The summed E-state index contributed by atoms with van der Waals surface area (Å²) in [6.07, 6.45) is 1.63. The van der Waals surface area contributed by atoms with E-state index < -0.39 is 0 Å². The van der Waals surface area contributed by atoms with E-state index in [-0.39, 0.29) is 41.3 Å². The van der Waals surface area contributed by atoms with Crippen molar-refractivity contribution in [3.8, 4) is 0 Å². The van der Waals surface area contributed by atoms with E-state index in [0.29, 0.717) is 13.2 Å². The monoisotopic (exact) mass is 508 g/mol. The van der Waals surface area contributed by atoms with E-state index in [1.165, 1.54) is 0 Å². The second-order valence-electron chi connectivity index (χ2n) is 7.56. The van der Waals surface area contributed by atoms with E-state index in [1.54, 1.807) is 11.3 Å². The predicted octanol–water partition coefficient (Wildman–Crippen LogP) is 3.80. The summed E-state index contributed by atoms with van der Waals surface area (Å²) >= 11 is 1.67. The second-order valence-corrected chi connectivity index (χ2v) is 8.50. The number of likely N-dealkylation sites (tertiary alicyclic amines) is 1. The number of thiazole rings is 1. The maximum atomic E-state index is 11.9. The largest absolute Gasteiger partial charge is 0.466 e. The van der Waals surface area contributed by atoms with Crippen LogP contribution in [0.4, 0.5) is 0 Å². The molecule has 0 amide bonds. The number of nitrogens with zero attached hydrogens (tertiary/aromatic N) is 3. The maximum Gasteiger partial charge on any atom is 0.309 e. The lowest BCUT2D eigenvalue weighted by Crippen LogP contribution is -2.46. The third-order valence-electron chi connectivity index (χ3n) is 4.43. The summed E-state index contributed by atoms with van der Waals surface area (Å²) in [5.74, 6) is 0.858. The van der Waals surface area contributed by atoms with Crippen LogP contribution in [0.25, 0.3) is 0 Å². The molecule has 6 nitrogen and oxygen atoms in total. The van der Waals surface area contributed by atoms with E-state index in [1.807, 2.05) is 6.92 Å². The fourth-order valence-corrected chi connectivity index (χ4v) is 3.83. The fourth-order valence-electron chi connectivity index (χ4n) is 2.88. The number of hydrogen-bond acceptors (Lipinski definition) is 5. The number of ether oxygens (including phenoxy) is 1. The quantitative estimate of drug-likeness (QED) is 0.284. The van der Waals surface area contributed by atoms with Gasteiger partial charge in [0.15, 0.2) is 5.96 Å². The number of esters is 1. The molecule has 1 fully saturated rings. The first-order valence-corrected chi connectivity index (χ1v) is 10.4. The topological polar surface area (TPSA) is 66.8 Å². The van der Waals surface area contributed by atoms with Crippen molar-refractivity contribution in [2.75, 3.05) is 26.2 Å². The van der Waals surface area contributed by atoms with E-state index in [9.17, 15) is 4.79 Å². The Balaban J connectivity index is 0.00000364. The maximum absolute atomic E-state index is 11.9. The number of nitrogens with one attached hydrogen (secondary N) is 1. The van der Waals surface area contributed by atoms with Gasteiger partial charge in [0.25, 0.3) is 0 Å². The van der Waals surface area contributed by atoms with Gasteiger partial charge < -0.3 is 15.0 Å². The number of guanidine groups is 1. The van der Waals surface area contributed by atoms with Gasteiger partial charge in [-0.3, -0.25) is 4.79 Å². The van der Waals surface area contributed by atoms with Crippen molar-refractivity contribution in [2.45, 2.75) is 59.4 Å². The van der Waals surface area contributed by atoms with E-state index >= 15 is 0 Å². The van der Waals surface area contributed by atoms with Crippen LogP contribution in [0, 0.1) is 5.92 Å². The van der Waals surface area contributed by atoms with E-state index in [4.69, 9.17) is 14.7 Å². The minimum absolute atomic E-state index is 0. The Morgan fingerprint density at radius 1 is 1.37 bits per heavy atom. The zero-order chi connectivity index (χ0) is 19.2. The van der Waals surface area contributed by atoms with E-state index in [2.05, 4.69) is 43.3 Å². The van der Waals surface area contributed by atoms with Crippen molar-refractivity contribution in [2.24, 2.45) is 10.9 Å². The average molecular weight is 508 g/mol. The number of halogens is 1. The minimum atomic E-state index is -0.0633. The van der Waals surface area contributed by atoms with Gasteiger partial charge in [-0.05, 0) is 26.7 Å². The molecule has 1 N–H and O–H groups in total. The molecule has 0 saturated carbocycles. The van der Waals surface area contributed by atoms with E-state index in [0.717, 1.165) is 49.1 Å². The average Bonchev–Trinajstić information content (AvgIpc) is 3.08. The molecule has 2 rings (SSSR count). The van der Waals surface area contributed by atoms with Gasteiger partial charge in [0.05, 0.1) is 24.8 Å². The number of aromatic nitrogens is 1. The van der Waals surface area contributed by atoms with Gasteiger partial charge in [0.1, 0.15) is 5.01 Å². The molecule has 0 atom stereocenters. The Hall–Kier alpha value is -0.900. The van der Waals surface area contributed by atoms with Crippen molar-refractivity contribution in [3.63, 3.8) is 0 Å². The van der Waals surface area contributed by atoms with Crippen LogP contribution in [-0.2, 0) is 21.5 Å². The summed E-state index contributed by atoms with van der Waals surface area (Å²) in [7, 11) is 0. The first-order chi connectivity index (χ1) is 12.3. The number of rotatable bonds is 5. The second kappa shape index (κ2) is 11.2. The van der Waals surface area contributed by atoms with Crippen LogP contribution < -0.4 is 5.32 Å². The highest BCUT2D eigenvalue weighted by Crippen LogP contribution is 2.24. The third kappa shape index (κ3) is 7.21. The number of carbonyl (C=O) groups excluding carboxylic acids is 1. The number of piperidine rings is 1. The molecule has 0 radical (unpaired) electrons. The summed E-state index contributed by atoms with van der Waals surface area (Å²) in [5.41, 5.74) is 1.19. The zero-order valence-corrected chi connectivity index (χ0v) is 20.2. The molecule has 1 aromatic heterocycles. The number of hydrogen-bond donors (Lipinski definition) is 1. The number of aliphatic imine (C=N–C) groups is 1. The van der Waals surface area contributed by atoms with Crippen LogP contribution in [0.2, 0.25) is 0 Å². The highest BCUT2D eigenvalue weighted by molar-refractivity contribution is 14.0. The molecule has 1 aliphatic rings. The summed E-state index contributed by atoms with van der Waals surface area (Å²) < 4.78 is 5.15. The number of carbonyl (C=O) groups is 1. The van der Waals surface area contributed by atoms with Crippen LogP contribution in [0.3, 0.4) is 0 Å². The van der Waals surface area contributed by atoms with Gasteiger partial charge >= 0.3 is 5.97 Å². The Morgan fingerprint density at radius 3 is 2.56 bits per heavy atom. The van der Waals surface area contributed by atoms with Crippen molar-refractivity contribution in [1.82, 2.24) is 15.2 Å². The lowest BCUT2D eigenvalue weighted by molar-refractivity contribution is -0.149. The highest BCUT2D eigenvalue weighted by atomic mass is 127. The Bertz CT molecular complexity index is 619. The Labute approximate surface area is 184 Å². The van der Waals surface area contributed by atoms with Crippen molar-refractivity contribution in [1.29, 1.82) is 0 Å². The molecule has 0 bridgehead atoms. The van der Waals surface area contributed by atoms with Gasteiger partial charge in [-0.1, -0.05) is 20.8 Å². The van der Waals surface area contributed by atoms with Crippen LogP contribution >= 0.6 is 35.3 Å². The summed E-state index contributed by atoms with van der Waals surface area (Å²) in [5, 5.41) is 6.53. The van der Waals surface area contributed by atoms with Crippen LogP contribution in [0.15, 0.2) is 10.4 Å². The first-order valence-electron chi connectivity index (χ1n) is 9.50. The summed E-state index contributed by atoms with van der Waals surface area (Å²) in [6, 6.07) is 0. The molecule has 1 saturated heterocycles. The molecular weight excluding hydrogens is 475 g/mol. The van der Waals surface area contributed by atoms with Gasteiger partial charge in [0.2, 0.25) is 0 Å². The lowest BCUT2D eigenvalue weighted by atomic mass is 9.93. The third-order valence-corrected chi connectivity index (χ3v) is 5.27. The smallest absolute Gasteiger partial charge is 0.309 e. The Morgan fingerprint density at radius 2 is 2.04 bits per heavy atom. The molecule has 0 unspecified atom stereocenters. The molecule has 0 spiro atoms.